The highest BCUT2D eigenvalue weighted by Crippen LogP contribution is 2.23. The van der Waals surface area contributed by atoms with Gasteiger partial charge >= 0.3 is 0 Å². The Morgan fingerprint density at radius 1 is 0.958 bits per heavy atom. The van der Waals surface area contributed by atoms with Gasteiger partial charge in [0.05, 0.1) is 6.04 Å². The van der Waals surface area contributed by atoms with Crippen molar-refractivity contribution in [3.05, 3.63) is 64.7 Å². The number of nitrogens with one attached hydrogen (secondary N) is 2. The summed E-state index contributed by atoms with van der Waals surface area (Å²) in [5.41, 5.74) is 3.57. The van der Waals surface area contributed by atoms with Crippen molar-refractivity contribution in [3.63, 3.8) is 0 Å². The lowest BCUT2D eigenvalue weighted by atomic mass is 9.95. The zero-order valence-electron chi connectivity index (χ0n) is 14.5. The number of hydrogen-bond donors (Lipinski definition) is 2. The third kappa shape index (κ3) is 5.22. The standard InChI is InChI=1S/C20H25ClN2S/c1-4-14(3)15-6-8-16(9-7-15)19(5-2)23-20(24)22-18-12-10-17(21)11-13-18/h6-14,19H,4-5H2,1-3H3,(H2,22,23,24). The minimum Gasteiger partial charge on any atom is -0.356 e. The predicted octanol–water partition coefficient (Wildman–Crippen LogP) is 6.29. The summed E-state index contributed by atoms with van der Waals surface area (Å²) in [6, 6.07) is 16.6. The smallest absolute Gasteiger partial charge is 0.171 e. The molecule has 0 heterocycles. The SMILES string of the molecule is CCC(C)c1ccc(C(CC)NC(=S)Nc2ccc(Cl)cc2)cc1. The molecule has 0 fully saturated rings. The third-order valence-corrected chi connectivity index (χ3v) is 4.81. The van der Waals surface area contributed by atoms with Crippen molar-refractivity contribution in [2.75, 3.05) is 5.32 Å². The van der Waals surface area contributed by atoms with E-state index >= 15 is 0 Å². The van der Waals surface area contributed by atoms with Crippen molar-refractivity contribution in [3.8, 4) is 0 Å². The van der Waals surface area contributed by atoms with Crippen LogP contribution in [0.25, 0.3) is 0 Å². The molecule has 0 aliphatic rings. The molecule has 0 amide bonds. The van der Waals surface area contributed by atoms with Gasteiger partial charge in [-0.15, -0.1) is 0 Å². The summed E-state index contributed by atoms with van der Waals surface area (Å²) in [5.74, 6) is 0.597. The molecule has 0 saturated heterocycles. The second-order valence-corrected chi connectivity index (χ2v) is 6.89. The van der Waals surface area contributed by atoms with E-state index in [0.717, 1.165) is 18.5 Å². The average Bonchev–Trinajstić information content (AvgIpc) is 2.61. The topological polar surface area (TPSA) is 24.1 Å². The number of hydrogen-bond acceptors (Lipinski definition) is 1. The van der Waals surface area contributed by atoms with Gasteiger partial charge in [-0.3, -0.25) is 0 Å². The summed E-state index contributed by atoms with van der Waals surface area (Å²) in [4.78, 5) is 0. The van der Waals surface area contributed by atoms with Gasteiger partial charge in [0.2, 0.25) is 0 Å². The Labute approximate surface area is 155 Å². The highest BCUT2D eigenvalue weighted by molar-refractivity contribution is 7.80. The number of anilines is 1. The van der Waals surface area contributed by atoms with E-state index in [0.29, 0.717) is 16.1 Å². The molecule has 0 aliphatic carbocycles. The molecule has 0 radical (unpaired) electrons. The quantitative estimate of drug-likeness (QED) is 0.592. The zero-order valence-corrected chi connectivity index (χ0v) is 16.0. The number of rotatable bonds is 6. The van der Waals surface area contributed by atoms with Crippen molar-refractivity contribution < 1.29 is 0 Å². The second-order valence-electron chi connectivity index (χ2n) is 6.04. The minimum atomic E-state index is 0.197. The van der Waals surface area contributed by atoms with Gasteiger partial charge in [-0.05, 0) is 66.4 Å². The van der Waals surface area contributed by atoms with Crippen LogP contribution in [0.15, 0.2) is 48.5 Å². The van der Waals surface area contributed by atoms with Crippen LogP contribution < -0.4 is 10.6 Å². The molecule has 128 valence electrons. The van der Waals surface area contributed by atoms with Gasteiger partial charge in [-0.1, -0.05) is 56.6 Å². The van der Waals surface area contributed by atoms with Gasteiger partial charge in [-0.25, -0.2) is 0 Å². The van der Waals surface area contributed by atoms with Crippen LogP contribution in [0.1, 0.15) is 56.7 Å². The summed E-state index contributed by atoms with van der Waals surface area (Å²) in [6.07, 6.45) is 2.12. The van der Waals surface area contributed by atoms with Crippen molar-refractivity contribution in [2.45, 2.75) is 45.6 Å². The fraction of sp³-hybridized carbons (Fsp3) is 0.350. The summed E-state index contributed by atoms with van der Waals surface area (Å²) in [5, 5.41) is 7.94. The average molecular weight is 361 g/mol. The molecule has 24 heavy (non-hydrogen) atoms. The second kappa shape index (κ2) is 9.05. The maximum atomic E-state index is 5.90. The lowest BCUT2D eigenvalue weighted by Crippen LogP contribution is -2.32. The molecule has 2 unspecified atom stereocenters. The molecule has 0 bridgehead atoms. The first kappa shape index (κ1) is 18.8. The first-order valence-electron chi connectivity index (χ1n) is 8.46. The normalized spacial score (nSPS) is 13.2. The summed E-state index contributed by atoms with van der Waals surface area (Å²) < 4.78 is 0. The molecule has 2 nitrogen and oxygen atoms in total. The molecule has 2 rings (SSSR count). The van der Waals surface area contributed by atoms with Crippen molar-refractivity contribution in [1.29, 1.82) is 0 Å². The van der Waals surface area contributed by atoms with Crippen LogP contribution in [-0.4, -0.2) is 5.11 Å². The molecule has 2 N–H and O–H groups in total. The lowest BCUT2D eigenvalue weighted by molar-refractivity contribution is 0.628. The molecule has 0 spiro atoms. The van der Waals surface area contributed by atoms with Crippen molar-refractivity contribution >= 4 is 34.6 Å². The minimum absolute atomic E-state index is 0.197. The number of benzene rings is 2. The molecule has 0 aliphatic heterocycles. The Balaban J connectivity index is 2.00. The Kier molecular flexibility index (Phi) is 7.07. The highest BCUT2D eigenvalue weighted by Gasteiger charge is 2.11. The molecular formula is C20H25ClN2S. The Morgan fingerprint density at radius 2 is 1.54 bits per heavy atom. The molecule has 0 saturated carbocycles. The first-order chi connectivity index (χ1) is 11.5. The van der Waals surface area contributed by atoms with E-state index in [9.17, 15) is 0 Å². The van der Waals surface area contributed by atoms with E-state index < -0.39 is 0 Å². The van der Waals surface area contributed by atoms with Crippen LogP contribution in [0, 0.1) is 0 Å². The molecule has 2 aromatic rings. The maximum Gasteiger partial charge on any atom is 0.171 e. The molecule has 2 atom stereocenters. The first-order valence-corrected chi connectivity index (χ1v) is 9.25. The maximum absolute atomic E-state index is 5.90. The summed E-state index contributed by atoms with van der Waals surface area (Å²) in [6.45, 7) is 6.64. The van der Waals surface area contributed by atoms with Crippen molar-refractivity contribution in [2.24, 2.45) is 0 Å². The van der Waals surface area contributed by atoms with Crippen LogP contribution >= 0.6 is 23.8 Å². The van der Waals surface area contributed by atoms with E-state index in [1.165, 1.54) is 11.1 Å². The van der Waals surface area contributed by atoms with Gasteiger partial charge in [0.25, 0.3) is 0 Å². The van der Waals surface area contributed by atoms with Crippen LogP contribution in [0.2, 0.25) is 5.02 Å². The summed E-state index contributed by atoms with van der Waals surface area (Å²) >= 11 is 11.3. The van der Waals surface area contributed by atoms with E-state index in [1.807, 2.05) is 24.3 Å². The van der Waals surface area contributed by atoms with Gasteiger partial charge in [0, 0.05) is 10.7 Å². The Morgan fingerprint density at radius 3 is 2.08 bits per heavy atom. The van der Waals surface area contributed by atoms with E-state index in [-0.39, 0.29) is 6.04 Å². The largest absolute Gasteiger partial charge is 0.356 e. The van der Waals surface area contributed by atoms with Crippen molar-refractivity contribution in [1.82, 2.24) is 5.32 Å². The van der Waals surface area contributed by atoms with Gasteiger partial charge in [0.15, 0.2) is 5.11 Å². The zero-order chi connectivity index (χ0) is 17.5. The fourth-order valence-corrected chi connectivity index (χ4v) is 2.96. The number of thiocarbonyl (C=S) groups is 1. The third-order valence-electron chi connectivity index (χ3n) is 4.34. The molecule has 0 aromatic heterocycles. The predicted molar refractivity (Wildman–Crippen MR) is 109 cm³/mol. The van der Waals surface area contributed by atoms with E-state index in [4.69, 9.17) is 23.8 Å². The van der Waals surface area contributed by atoms with Crippen LogP contribution in [0.3, 0.4) is 0 Å². The van der Waals surface area contributed by atoms with E-state index in [2.05, 4.69) is 55.7 Å². The van der Waals surface area contributed by atoms with Gasteiger partial charge in [-0.2, -0.15) is 0 Å². The summed E-state index contributed by atoms with van der Waals surface area (Å²) in [7, 11) is 0. The lowest BCUT2D eigenvalue weighted by Gasteiger charge is -2.21. The van der Waals surface area contributed by atoms with Gasteiger partial charge in [0.1, 0.15) is 0 Å². The monoisotopic (exact) mass is 360 g/mol. The van der Waals surface area contributed by atoms with Crippen LogP contribution in [0.5, 0.6) is 0 Å². The van der Waals surface area contributed by atoms with Crippen LogP contribution in [0.4, 0.5) is 5.69 Å². The Hall–Kier alpha value is -1.58. The molecular weight excluding hydrogens is 336 g/mol. The molecule has 2 aromatic carbocycles. The van der Waals surface area contributed by atoms with Gasteiger partial charge < -0.3 is 10.6 Å². The molecule has 4 heteroatoms. The Bertz CT molecular complexity index is 652. The van der Waals surface area contributed by atoms with Crippen LogP contribution in [-0.2, 0) is 0 Å². The fourth-order valence-electron chi connectivity index (χ4n) is 2.57. The highest BCUT2D eigenvalue weighted by atomic mass is 35.5. The number of halogens is 1. The van der Waals surface area contributed by atoms with E-state index in [1.54, 1.807) is 0 Å².